The van der Waals surface area contributed by atoms with E-state index in [9.17, 15) is 22.8 Å². The largest absolute Gasteiger partial charge is 0.417 e. The summed E-state index contributed by atoms with van der Waals surface area (Å²) in [4.78, 5) is 26.5. The Hall–Kier alpha value is -2.05. The number of rotatable bonds is 1. The van der Waals surface area contributed by atoms with Crippen molar-refractivity contribution in [2.24, 2.45) is 0 Å². The molecule has 1 aromatic heterocycles. The van der Waals surface area contributed by atoms with Gasteiger partial charge in [0, 0.05) is 6.04 Å². The number of nitrogens with zero attached hydrogens (tertiary/aromatic N) is 1. The van der Waals surface area contributed by atoms with Crippen LogP contribution in [0.4, 0.5) is 13.2 Å². The first kappa shape index (κ1) is 13.0. The van der Waals surface area contributed by atoms with E-state index in [1.807, 2.05) is 0 Å². The highest BCUT2D eigenvalue weighted by Crippen LogP contribution is 2.33. The minimum atomic E-state index is -4.63. The normalized spacial score (nSPS) is 16.4. The second-order valence-electron chi connectivity index (χ2n) is 4.92. The molecule has 0 aliphatic heterocycles. The maximum absolute atomic E-state index is 13.0. The number of H-pyrrole nitrogens is 1. The number of fused-ring (bicyclic) bond motifs is 1. The molecule has 1 aliphatic carbocycles. The number of hydrogen-bond acceptors (Lipinski definition) is 2. The topological polar surface area (TPSA) is 54.9 Å². The second kappa shape index (κ2) is 4.22. The number of aromatic amines is 1. The molecule has 0 unspecified atom stereocenters. The second-order valence-corrected chi connectivity index (χ2v) is 4.92. The summed E-state index contributed by atoms with van der Waals surface area (Å²) in [5.74, 6) is 0. The van der Waals surface area contributed by atoms with Gasteiger partial charge in [-0.15, -0.1) is 0 Å². The molecule has 1 aromatic carbocycles. The Bertz CT molecular complexity index is 785. The van der Waals surface area contributed by atoms with Crippen LogP contribution >= 0.6 is 0 Å². The maximum Gasteiger partial charge on any atom is 0.417 e. The van der Waals surface area contributed by atoms with Crippen LogP contribution in [-0.4, -0.2) is 9.55 Å². The number of benzene rings is 1. The van der Waals surface area contributed by atoms with Gasteiger partial charge in [0.25, 0.3) is 5.56 Å². The van der Waals surface area contributed by atoms with E-state index < -0.39 is 28.4 Å². The molecule has 106 valence electrons. The molecule has 2 aromatic rings. The van der Waals surface area contributed by atoms with Crippen LogP contribution in [0.2, 0.25) is 0 Å². The van der Waals surface area contributed by atoms with Crippen LogP contribution in [0.3, 0.4) is 0 Å². The Morgan fingerprint density at radius 2 is 1.90 bits per heavy atom. The first-order valence-electron chi connectivity index (χ1n) is 6.24. The van der Waals surface area contributed by atoms with E-state index in [0.717, 1.165) is 17.1 Å². The van der Waals surface area contributed by atoms with Gasteiger partial charge in [0.05, 0.1) is 16.5 Å². The van der Waals surface area contributed by atoms with Crippen molar-refractivity contribution in [3.05, 3.63) is 44.6 Å². The van der Waals surface area contributed by atoms with Crippen molar-refractivity contribution < 1.29 is 13.2 Å². The molecule has 0 bridgehead atoms. The fourth-order valence-electron chi connectivity index (χ4n) is 2.49. The lowest BCUT2D eigenvalue weighted by atomic mass is 9.93. The van der Waals surface area contributed by atoms with Crippen LogP contribution < -0.4 is 11.2 Å². The molecule has 1 N–H and O–H groups in total. The van der Waals surface area contributed by atoms with Gasteiger partial charge in [0.1, 0.15) is 0 Å². The third kappa shape index (κ3) is 1.85. The highest BCUT2D eigenvalue weighted by atomic mass is 19.4. The SMILES string of the molecule is O=c1[nH]c2cccc(C(F)(F)F)c2c(=O)n1C1CCC1. The van der Waals surface area contributed by atoms with Crippen molar-refractivity contribution in [1.82, 2.24) is 9.55 Å². The summed E-state index contributed by atoms with van der Waals surface area (Å²) in [7, 11) is 0. The summed E-state index contributed by atoms with van der Waals surface area (Å²) in [6, 6.07) is 3.04. The molecule has 20 heavy (non-hydrogen) atoms. The number of alkyl halides is 3. The smallest absolute Gasteiger partial charge is 0.307 e. The molecule has 1 aliphatic rings. The van der Waals surface area contributed by atoms with Crippen LogP contribution in [-0.2, 0) is 6.18 Å². The number of hydrogen-bond donors (Lipinski definition) is 1. The molecule has 0 radical (unpaired) electrons. The first-order chi connectivity index (χ1) is 9.39. The standard InChI is InChI=1S/C13H11F3N2O2/c14-13(15,16)8-5-2-6-9-10(8)11(19)18(12(20)17-9)7-3-1-4-7/h2,5-7H,1,3-4H2,(H,17,20). The Morgan fingerprint density at radius 3 is 2.45 bits per heavy atom. The van der Waals surface area contributed by atoms with Gasteiger partial charge < -0.3 is 4.98 Å². The molecule has 1 heterocycles. The van der Waals surface area contributed by atoms with Crippen molar-refractivity contribution in [3.63, 3.8) is 0 Å². The molecule has 7 heteroatoms. The Balaban J connectivity index is 2.40. The molecular weight excluding hydrogens is 273 g/mol. The molecule has 0 amide bonds. The zero-order valence-corrected chi connectivity index (χ0v) is 10.3. The third-order valence-corrected chi connectivity index (χ3v) is 3.70. The van der Waals surface area contributed by atoms with Gasteiger partial charge in [-0.2, -0.15) is 13.2 Å². The van der Waals surface area contributed by atoms with Crippen LogP contribution in [0, 0.1) is 0 Å². The number of nitrogens with one attached hydrogen (secondary N) is 1. The van der Waals surface area contributed by atoms with Gasteiger partial charge in [-0.25, -0.2) is 4.79 Å². The number of aromatic nitrogens is 2. The summed E-state index contributed by atoms with van der Waals surface area (Å²) >= 11 is 0. The zero-order chi connectivity index (χ0) is 14.5. The summed E-state index contributed by atoms with van der Waals surface area (Å²) in [6.07, 6.45) is -2.48. The molecule has 1 saturated carbocycles. The lowest BCUT2D eigenvalue weighted by molar-refractivity contribution is -0.136. The Labute approximate surface area is 110 Å². The molecule has 0 atom stereocenters. The predicted molar refractivity (Wildman–Crippen MR) is 66.7 cm³/mol. The van der Waals surface area contributed by atoms with E-state index >= 15 is 0 Å². The van der Waals surface area contributed by atoms with E-state index in [2.05, 4.69) is 4.98 Å². The predicted octanol–water partition coefficient (Wildman–Crippen LogP) is 2.43. The molecule has 0 spiro atoms. The minimum absolute atomic E-state index is 0.0783. The van der Waals surface area contributed by atoms with E-state index in [-0.39, 0.29) is 11.6 Å². The molecule has 4 nitrogen and oxygen atoms in total. The van der Waals surface area contributed by atoms with Crippen LogP contribution in [0.25, 0.3) is 10.9 Å². The number of halogens is 3. The van der Waals surface area contributed by atoms with Crippen LogP contribution in [0.15, 0.2) is 27.8 Å². The summed E-state index contributed by atoms with van der Waals surface area (Å²) in [6.45, 7) is 0. The van der Waals surface area contributed by atoms with Gasteiger partial charge >= 0.3 is 11.9 Å². The van der Waals surface area contributed by atoms with Crippen LogP contribution in [0.5, 0.6) is 0 Å². The minimum Gasteiger partial charge on any atom is -0.307 e. The van der Waals surface area contributed by atoms with E-state index in [4.69, 9.17) is 0 Å². The van der Waals surface area contributed by atoms with Crippen molar-refractivity contribution in [1.29, 1.82) is 0 Å². The van der Waals surface area contributed by atoms with Gasteiger partial charge in [-0.3, -0.25) is 9.36 Å². The lowest BCUT2D eigenvalue weighted by Gasteiger charge is -2.26. The monoisotopic (exact) mass is 284 g/mol. The maximum atomic E-state index is 13.0. The summed E-state index contributed by atoms with van der Waals surface area (Å²) in [5.41, 5.74) is -2.59. The van der Waals surface area contributed by atoms with E-state index in [0.29, 0.717) is 12.8 Å². The van der Waals surface area contributed by atoms with E-state index in [1.165, 1.54) is 12.1 Å². The Kier molecular flexibility index (Phi) is 2.74. The van der Waals surface area contributed by atoms with Gasteiger partial charge in [0.2, 0.25) is 0 Å². The molecular formula is C13H11F3N2O2. The fourth-order valence-corrected chi connectivity index (χ4v) is 2.49. The van der Waals surface area contributed by atoms with E-state index in [1.54, 1.807) is 0 Å². The van der Waals surface area contributed by atoms with Gasteiger partial charge in [-0.05, 0) is 31.4 Å². The summed E-state index contributed by atoms with van der Waals surface area (Å²) < 4.78 is 39.9. The zero-order valence-electron chi connectivity index (χ0n) is 10.3. The Morgan fingerprint density at radius 1 is 1.20 bits per heavy atom. The highest BCUT2D eigenvalue weighted by molar-refractivity contribution is 5.81. The first-order valence-corrected chi connectivity index (χ1v) is 6.24. The average Bonchev–Trinajstić information content (AvgIpc) is 2.30. The van der Waals surface area contributed by atoms with Crippen molar-refractivity contribution in [2.75, 3.05) is 0 Å². The lowest BCUT2D eigenvalue weighted by Crippen LogP contribution is -2.41. The average molecular weight is 284 g/mol. The molecule has 1 fully saturated rings. The third-order valence-electron chi connectivity index (χ3n) is 3.70. The quantitative estimate of drug-likeness (QED) is 0.874. The van der Waals surface area contributed by atoms with Crippen molar-refractivity contribution >= 4 is 10.9 Å². The van der Waals surface area contributed by atoms with Crippen LogP contribution in [0.1, 0.15) is 30.9 Å². The van der Waals surface area contributed by atoms with Gasteiger partial charge in [0.15, 0.2) is 0 Å². The van der Waals surface area contributed by atoms with Crippen molar-refractivity contribution in [2.45, 2.75) is 31.5 Å². The highest BCUT2D eigenvalue weighted by Gasteiger charge is 2.35. The van der Waals surface area contributed by atoms with Gasteiger partial charge in [-0.1, -0.05) is 6.07 Å². The molecule has 0 saturated heterocycles. The molecule has 3 rings (SSSR count). The fraction of sp³-hybridized carbons (Fsp3) is 0.385. The van der Waals surface area contributed by atoms with Crippen molar-refractivity contribution in [3.8, 4) is 0 Å². The summed E-state index contributed by atoms with van der Waals surface area (Å²) in [5, 5.41) is -0.466.